The summed E-state index contributed by atoms with van der Waals surface area (Å²) in [5, 5.41) is 2.39. The molecular formula is C21H19N3O6. The van der Waals surface area contributed by atoms with Crippen molar-refractivity contribution in [2.24, 2.45) is 5.73 Å². The van der Waals surface area contributed by atoms with Gasteiger partial charge in [-0.2, -0.15) is 0 Å². The second-order valence-corrected chi connectivity index (χ2v) is 6.13. The third kappa shape index (κ3) is 4.46. The molecule has 3 aromatic rings. The van der Waals surface area contributed by atoms with E-state index >= 15 is 0 Å². The van der Waals surface area contributed by atoms with Crippen molar-refractivity contribution in [2.45, 2.75) is 0 Å². The number of primary amides is 1. The van der Waals surface area contributed by atoms with Crippen molar-refractivity contribution in [2.75, 3.05) is 20.8 Å². The number of fused-ring (bicyclic) bond motifs is 1. The van der Waals surface area contributed by atoms with E-state index < -0.39 is 24.5 Å². The molecule has 1 aromatic heterocycles. The Morgan fingerprint density at radius 2 is 1.73 bits per heavy atom. The fourth-order valence-electron chi connectivity index (χ4n) is 2.87. The van der Waals surface area contributed by atoms with Crippen LogP contribution < -0.4 is 20.5 Å². The lowest BCUT2D eigenvalue weighted by molar-refractivity contribution is -0.123. The molecule has 30 heavy (non-hydrogen) atoms. The molecule has 0 aliphatic heterocycles. The number of rotatable bonds is 6. The highest BCUT2D eigenvalue weighted by Crippen LogP contribution is 2.33. The van der Waals surface area contributed by atoms with Gasteiger partial charge in [0.25, 0.3) is 5.91 Å². The van der Waals surface area contributed by atoms with Gasteiger partial charge in [-0.15, -0.1) is 0 Å². The van der Waals surface area contributed by atoms with E-state index in [1.807, 2.05) is 5.32 Å². The lowest BCUT2D eigenvalue weighted by Crippen LogP contribution is -2.37. The lowest BCUT2D eigenvalue weighted by atomic mass is 10.0. The fraction of sp³-hybridized carbons (Fsp3) is 0.143. The van der Waals surface area contributed by atoms with E-state index in [0.717, 1.165) is 0 Å². The second-order valence-electron chi connectivity index (χ2n) is 6.13. The minimum absolute atomic E-state index is 0.220. The van der Waals surface area contributed by atoms with E-state index in [4.69, 9.17) is 19.9 Å². The smallest absolute Gasteiger partial charge is 0.339 e. The topological polar surface area (TPSA) is 130 Å². The van der Waals surface area contributed by atoms with Crippen LogP contribution in [0.15, 0.2) is 48.5 Å². The molecule has 1 heterocycles. The summed E-state index contributed by atoms with van der Waals surface area (Å²) in [5.41, 5.74) is 6.86. The van der Waals surface area contributed by atoms with Crippen LogP contribution in [0.25, 0.3) is 22.2 Å². The van der Waals surface area contributed by atoms with Gasteiger partial charge in [-0.25, -0.2) is 14.6 Å². The highest BCUT2D eigenvalue weighted by molar-refractivity contribution is 6.05. The van der Waals surface area contributed by atoms with Gasteiger partial charge in [-0.05, 0) is 30.3 Å². The molecule has 3 amide bonds. The number of esters is 1. The van der Waals surface area contributed by atoms with Crippen LogP contribution in [0.3, 0.4) is 0 Å². The third-order valence-corrected chi connectivity index (χ3v) is 4.21. The van der Waals surface area contributed by atoms with Crippen LogP contribution in [0.4, 0.5) is 4.79 Å². The van der Waals surface area contributed by atoms with Crippen LogP contribution in [-0.2, 0) is 9.53 Å². The molecule has 3 N–H and O–H groups in total. The van der Waals surface area contributed by atoms with E-state index in [2.05, 4.69) is 4.98 Å². The average Bonchev–Trinajstić information content (AvgIpc) is 2.75. The van der Waals surface area contributed by atoms with E-state index in [-0.39, 0.29) is 5.56 Å². The Balaban J connectivity index is 2.00. The molecule has 0 unspecified atom stereocenters. The molecule has 0 atom stereocenters. The number of nitrogens with one attached hydrogen (secondary N) is 1. The molecule has 0 radical (unpaired) electrons. The van der Waals surface area contributed by atoms with Gasteiger partial charge >= 0.3 is 12.0 Å². The molecule has 3 rings (SSSR count). The number of nitrogens with zero attached hydrogens (tertiary/aromatic N) is 1. The summed E-state index contributed by atoms with van der Waals surface area (Å²) in [6, 6.07) is 12.8. The quantitative estimate of drug-likeness (QED) is 0.597. The second kappa shape index (κ2) is 8.91. The summed E-state index contributed by atoms with van der Waals surface area (Å²) >= 11 is 0. The predicted molar refractivity (Wildman–Crippen MR) is 108 cm³/mol. The monoisotopic (exact) mass is 409 g/mol. The number of pyridine rings is 1. The van der Waals surface area contributed by atoms with E-state index in [1.54, 1.807) is 48.5 Å². The van der Waals surface area contributed by atoms with Crippen LogP contribution in [-0.4, -0.2) is 43.7 Å². The van der Waals surface area contributed by atoms with Crippen LogP contribution in [0.2, 0.25) is 0 Å². The van der Waals surface area contributed by atoms with Crippen molar-refractivity contribution in [1.82, 2.24) is 10.3 Å². The number of urea groups is 1. The van der Waals surface area contributed by atoms with Gasteiger partial charge in [0.1, 0.15) is 0 Å². The van der Waals surface area contributed by atoms with E-state index in [1.165, 1.54) is 14.2 Å². The first-order chi connectivity index (χ1) is 14.4. The number of amides is 3. The van der Waals surface area contributed by atoms with Gasteiger partial charge in [0.15, 0.2) is 18.1 Å². The summed E-state index contributed by atoms with van der Waals surface area (Å²) in [7, 11) is 3.06. The average molecular weight is 409 g/mol. The molecule has 0 bridgehead atoms. The minimum atomic E-state index is -1.03. The zero-order valence-electron chi connectivity index (χ0n) is 16.3. The van der Waals surface area contributed by atoms with Crippen molar-refractivity contribution in [3.8, 4) is 22.8 Å². The first-order valence-corrected chi connectivity index (χ1v) is 8.81. The first-order valence-electron chi connectivity index (χ1n) is 8.81. The lowest BCUT2D eigenvalue weighted by Gasteiger charge is -2.12. The molecule has 0 aliphatic rings. The molecular weight excluding hydrogens is 390 g/mol. The van der Waals surface area contributed by atoms with Gasteiger partial charge in [0.05, 0.1) is 31.0 Å². The highest BCUT2D eigenvalue weighted by Gasteiger charge is 2.17. The molecule has 2 aromatic carbocycles. The first kappa shape index (κ1) is 20.6. The molecule has 0 fully saturated rings. The van der Waals surface area contributed by atoms with Crippen LogP contribution >= 0.6 is 0 Å². The largest absolute Gasteiger partial charge is 0.493 e. The van der Waals surface area contributed by atoms with E-state index in [0.29, 0.717) is 33.7 Å². The summed E-state index contributed by atoms with van der Waals surface area (Å²) in [5.74, 6) is -0.497. The summed E-state index contributed by atoms with van der Waals surface area (Å²) in [6.45, 7) is -0.649. The molecule has 0 spiro atoms. The number of ether oxygens (including phenoxy) is 3. The molecule has 0 aliphatic carbocycles. The molecule has 0 saturated heterocycles. The summed E-state index contributed by atoms with van der Waals surface area (Å²) in [4.78, 5) is 39.5. The minimum Gasteiger partial charge on any atom is -0.493 e. The number of methoxy groups -OCH3 is 2. The number of carbonyl (C=O) groups excluding carboxylic acids is 3. The van der Waals surface area contributed by atoms with Crippen LogP contribution in [0, 0.1) is 0 Å². The number of hydrogen-bond acceptors (Lipinski definition) is 7. The number of carbonyl (C=O) groups is 3. The molecule has 9 heteroatoms. The number of benzene rings is 2. The van der Waals surface area contributed by atoms with Crippen molar-refractivity contribution >= 4 is 28.8 Å². The van der Waals surface area contributed by atoms with Crippen LogP contribution in [0.1, 0.15) is 10.4 Å². The van der Waals surface area contributed by atoms with E-state index in [9.17, 15) is 14.4 Å². The molecule has 0 saturated carbocycles. The number of nitrogens with two attached hydrogens (primary N) is 1. The maximum Gasteiger partial charge on any atom is 0.339 e. The zero-order valence-corrected chi connectivity index (χ0v) is 16.3. The van der Waals surface area contributed by atoms with Gasteiger partial charge in [0, 0.05) is 10.9 Å². The van der Waals surface area contributed by atoms with Crippen molar-refractivity contribution in [1.29, 1.82) is 0 Å². The Morgan fingerprint density at radius 3 is 2.43 bits per heavy atom. The van der Waals surface area contributed by atoms with Crippen molar-refractivity contribution in [3.05, 3.63) is 54.1 Å². The highest BCUT2D eigenvalue weighted by atomic mass is 16.5. The summed E-state index contributed by atoms with van der Waals surface area (Å²) < 4.78 is 15.6. The maximum atomic E-state index is 12.7. The van der Waals surface area contributed by atoms with Crippen molar-refractivity contribution < 1.29 is 28.6 Å². The van der Waals surface area contributed by atoms with Gasteiger partial charge < -0.3 is 19.9 Å². The van der Waals surface area contributed by atoms with Gasteiger partial charge in [-0.1, -0.05) is 18.2 Å². The Hall–Kier alpha value is -4.14. The number of para-hydroxylation sites is 1. The normalized spacial score (nSPS) is 10.3. The number of hydrogen-bond donors (Lipinski definition) is 2. The maximum absolute atomic E-state index is 12.7. The third-order valence-electron chi connectivity index (χ3n) is 4.21. The SMILES string of the molecule is COc1ccc(-c2cc(C(=O)OCC(=O)NC(N)=O)c3ccccc3n2)cc1OC. The van der Waals surface area contributed by atoms with Gasteiger partial charge in [-0.3, -0.25) is 10.1 Å². The zero-order chi connectivity index (χ0) is 21.7. The predicted octanol–water partition coefficient (Wildman–Crippen LogP) is 2.27. The Labute approximate surface area is 171 Å². The fourth-order valence-corrected chi connectivity index (χ4v) is 2.87. The summed E-state index contributed by atoms with van der Waals surface area (Å²) in [6.07, 6.45) is 0. The number of imide groups is 1. The molecule has 154 valence electrons. The number of aromatic nitrogens is 1. The Kier molecular flexibility index (Phi) is 6.11. The van der Waals surface area contributed by atoms with Gasteiger partial charge in [0.2, 0.25) is 0 Å². The van der Waals surface area contributed by atoms with Crippen LogP contribution in [0.5, 0.6) is 11.5 Å². The Morgan fingerprint density at radius 1 is 1.00 bits per heavy atom. The Bertz CT molecular complexity index is 1130. The molecule has 9 nitrogen and oxygen atoms in total. The van der Waals surface area contributed by atoms with Crippen molar-refractivity contribution in [3.63, 3.8) is 0 Å². The standard InChI is InChI=1S/C21H19N3O6/c1-28-17-8-7-12(9-18(17)29-2)16-10-14(13-5-3-4-6-15(13)23-16)20(26)30-11-19(25)24-21(22)27/h3-10H,11H2,1-2H3,(H3,22,24,25,27).